The molecule has 0 bridgehead atoms. The van der Waals surface area contributed by atoms with Crippen molar-refractivity contribution in [2.45, 2.75) is 19.9 Å². The van der Waals surface area contributed by atoms with Crippen LogP contribution < -0.4 is 10.1 Å². The number of carbonyl (C=O) groups is 1. The van der Waals surface area contributed by atoms with Crippen molar-refractivity contribution >= 4 is 17.0 Å². The Morgan fingerprint density at radius 3 is 2.41 bits per heavy atom. The van der Waals surface area contributed by atoms with E-state index >= 15 is 0 Å². The third-order valence-corrected chi connectivity index (χ3v) is 4.69. The third-order valence-electron chi connectivity index (χ3n) is 4.69. The van der Waals surface area contributed by atoms with Crippen molar-refractivity contribution in [3.05, 3.63) is 83.9 Å². The number of aryl methyl sites for hydroxylation is 1. The lowest BCUT2D eigenvalue weighted by molar-refractivity contribution is -0.123. The number of rotatable bonds is 7. The second kappa shape index (κ2) is 8.61. The molecule has 0 atom stereocenters. The Morgan fingerprint density at radius 2 is 1.69 bits per heavy atom. The molecule has 0 radical (unpaired) electrons. The fourth-order valence-corrected chi connectivity index (χ4v) is 2.98. The molecule has 4 aromatic rings. The maximum Gasteiger partial charge on any atom is 0.258 e. The zero-order valence-corrected chi connectivity index (χ0v) is 16.2. The first kappa shape index (κ1) is 18.7. The van der Waals surface area contributed by atoms with Gasteiger partial charge in [0.05, 0.1) is 0 Å². The van der Waals surface area contributed by atoms with E-state index in [9.17, 15) is 4.79 Å². The number of benzene rings is 3. The van der Waals surface area contributed by atoms with E-state index in [0.29, 0.717) is 18.2 Å². The van der Waals surface area contributed by atoms with E-state index in [0.717, 1.165) is 28.6 Å². The molecular weight excluding hydrogens is 364 g/mol. The first-order valence-electron chi connectivity index (χ1n) is 9.64. The summed E-state index contributed by atoms with van der Waals surface area (Å²) in [6.45, 7) is 2.53. The van der Waals surface area contributed by atoms with Gasteiger partial charge in [0.15, 0.2) is 12.2 Å². The first-order chi connectivity index (χ1) is 14.2. The van der Waals surface area contributed by atoms with E-state index in [1.165, 1.54) is 5.56 Å². The molecule has 0 aliphatic heterocycles. The number of para-hydroxylation sites is 2. The van der Waals surface area contributed by atoms with Crippen molar-refractivity contribution in [1.82, 2.24) is 10.3 Å². The molecule has 0 fully saturated rings. The third kappa shape index (κ3) is 4.63. The molecule has 0 saturated heterocycles. The number of amides is 1. The summed E-state index contributed by atoms with van der Waals surface area (Å²) in [4.78, 5) is 16.5. The van der Waals surface area contributed by atoms with Crippen LogP contribution in [0.25, 0.3) is 22.6 Å². The van der Waals surface area contributed by atoms with Gasteiger partial charge in [0.25, 0.3) is 5.91 Å². The van der Waals surface area contributed by atoms with Crippen LogP contribution in [0.3, 0.4) is 0 Å². The summed E-state index contributed by atoms with van der Waals surface area (Å²) >= 11 is 0. The lowest BCUT2D eigenvalue weighted by Gasteiger charge is -2.08. The Kier molecular flexibility index (Phi) is 5.56. The second-order valence-electron chi connectivity index (χ2n) is 6.75. The zero-order chi connectivity index (χ0) is 20.1. The topological polar surface area (TPSA) is 64.4 Å². The summed E-state index contributed by atoms with van der Waals surface area (Å²) in [7, 11) is 0. The number of carbonyl (C=O) groups excluding carboxylic acids is 1. The molecule has 5 heteroatoms. The van der Waals surface area contributed by atoms with Crippen molar-refractivity contribution < 1.29 is 13.9 Å². The summed E-state index contributed by atoms with van der Waals surface area (Å²) in [6.07, 6.45) is 0.978. The Labute approximate surface area is 169 Å². The largest absolute Gasteiger partial charge is 0.484 e. The lowest BCUT2D eigenvalue weighted by atomic mass is 10.1. The van der Waals surface area contributed by atoms with Gasteiger partial charge in [-0.1, -0.05) is 43.3 Å². The van der Waals surface area contributed by atoms with Crippen LogP contribution in [0.5, 0.6) is 5.75 Å². The van der Waals surface area contributed by atoms with Crippen molar-refractivity contribution in [2.75, 3.05) is 6.61 Å². The smallest absolute Gasteiger partial charge is 0.258 e. The van der Waals surface area contributed by atoms with Crippen molar-refractivity contribution in [1.29, 1.82) is 0 Å². The number of nitrogens with zero attached hydrogens (tertiary/aromatic N) is 1. The highest BCUT2D eigenvalue weighted by molar-refractivity contribution is 5.77. The van der Waals surface area contributed by atoms with E-state index in [2.05, 4.69) is 17.2 Å². The molecule has 1 amide bonds. The maximum atomic E-state index is 12.0. The molecule has 1 N–H and O–H groups in total. The number of ether oxygens (including phenoxy) is 1. The lowest BCUT2D eigenvalue weighted by Crippen LogP contribution is -2.28. The minimum atomic E-state index is -0.160. The average Bonchev–Trinajstić information content (AvgIpc) is 3.21. The molecule has 0 aliphatic carbocycles. The summed E-state index contributed by atoms with van der Waals surface area (Å²) < 4.78 is 11.3. The quantitative estimate of drug-likeness (QED) is 0.498. The molecule has 1 heterocycles. The highest BCUT2D eigenvalue weighted by atomic mass is 16.5. The van der Waals surface area contributed by atoms with Crippen molar-refractivity contribution in [3.63, 3.8) is 0 Å². The van der Waals surface area contributed by atoms with E-state index in [1.54, 1.807) is 0 Å². The summed E-state index contributed by atoms with van der Waals surface area (Å²) in [5.41, 5.74) is 4.73. The summed E-state index contributed by atoms with van der Waals surface area (Å²) in [5, 5.41) is 2.87. The van der Waals surface area contributed by atoms with Gasteiger partial charge in [-0.3, -0.25) is 4.79 Å². The standard InChI is InChI=1S/C24H22N2O3/c1-2-17-9-13-20(14-10-17)28-16-23(27)25-15-18-7-11-19(12-8-18)24-26-21-5-3-4-6-22(21)29-24/h3-14H,2,15-16H2,1H3,(H,25,27). The van der Waals surface area contributed by atoms with Gasteiger partial charge in [-0.15, -0.1) is 0 Å². The SMILES string of the molecule is CCc1ccc(OCC(=O)NCc2ccc(-c3nc4ccccc4o3)cc2)cc1. The molecule has 0 saturated carbocycles. The Bertz CT molecular complexity index is 1070. The number of oxazole rings is 1. The van der Waals surface area contributed by atoms with Gasteiger partial charge in [-0.05, 0) is 53.9 Å². The van der Waals surface area contributed by atoms with E-state index in [1.807, 2.05) is 72.8 Å². The minimum absolute atomic E-state index is 0.00748. The van der Waals surface area contributed by atoms with Gasteiger partial charge in [0.1, 0.15) is 11.3 Å². The molecule has 146 valence electrons. The van der Waals surface area contributed by atoms with Gasteiger partial charge < -0.3 is 14.5 Å². The van der Waals surface area contributed by atoms with Crippen LogP contribution in [0.2, 0.25) is 0 Å². The van der Waals surface area contributed by atoms with E-state index in [4.69, 9.17) is 9.15 Å². The molecule has 1 aromatic heterocycles. The number of aromatic nitrogens is 1. The van der Waals surface area contributed by atoms with Crippen LogP contribution in [-0.4, -0.2) is 17.5 Å². The van der Waals surface area contributed by atoms with Crippen LogP contribution in [0.4, 0.5) is 0 Å². The van der Waals surface area contributed by atoms with Crippen LogP contribution in [0, 0.1) is 0 Å². The molecular formula is C24H22N2O3. The predicted molar refractivity (Wildman–Crippen MR) is 113 cm³/mol. The average molecular weight is 386 g/mol. The van der Waals surface area contributed by atoms with Crippen molar-refractivity contribution in [3.8, 4) is 17.2 Å². The molecule has 3 aromatic carbocycles. The van der Waals surface area contributed by atoms with Gasteiger partial charge in [0, 0.05) is 12.1 Å². The van der Waals surface area contributed by atoms with Crippen molar-refractivity contribution in [2.24, 2.45) is 0 Å². The van der Waals surface area contributed by atoms with Crippen LogP contribution >= 0.6 is 0 Å². The monoisotopic (exact) mass is 386 g/mol. The summed E-state index contributed by atoms with van der Waals surface area (Å²) in [5.74, 6) is 1.12. The van der Waals surface area contributed by atoms with Crippen LogP contribution in [0.1, 0.15) is 18.1 Å². The van der Waals surface area contributed by atoms with Crippen LogP contribution in [-0.2, 0) is 17.8 Å². The number of fused-ring (bicyclic) bond motifs is 1. The highest BCUT2D eigenvalue weighted by Crippen LogP contribution is 2.24. The van der Waals surface area contributed by atoms with E-state index < -0.39 is 0 Å². The predicted octanol–water partition coefficient (Wildman–Crippen LogP) is 4.75. The Hall–Kier alpha value is -3.60. The minimum Gasteiger partial charge on any atom is -0.484 e. The fourth-order valence-electron chi connectivity index (χ4n) is 2.98. The van der Waals surface area contributed by atoms with Gasteiger partial charge in [-0.25, -0.2) is 4.98 Å². The highest BCUT2D eigenvalue weighted by Gasteiger charge is 2.08. The number of hydrogen-bond acceptors (Lipinski definition) is 4. The van der Waals surface area contributed by atoms with Crippen LogP contribution in [0.15, 0.2) is 77.2 Å². The Morgan fingerprint density at radius 1 is 0.966 bits per heavy atom. The van der Waals surface area contributed by atoms with Gasteiger partial charge in [-0.2, -0.15) is 0 Å². The zero-order valence-electron chi connectivity index (χ0n) is 16.2. The first-order valence-corrected chi connectivity index (χ1v) is 9.64. The number of nitrogens with one attached hydrogen (secondary N) is 1. The summed E-state index contributed by atoms with van der Waals surface area (Å²) in [6, 6.07) is 23.3. The number of hydrogen-bond donors (Lipinski definition) is 1. The van der Waals surface area contributed by atoms with E-state index in [-0.39, 0.29) is 12.5 Å². The fraction of sp³-hybridized carbons (Fsp3) is 0.167. The van der Waals surface area contributed by atoms with Gasteiger partial charge in [0.2, 0.25) is 5.89 Å². The molecule has 0 aliphatic rings. The molecule has 29 heavy (non-hydrogen) atoms. The normalized spacial score (nSPS) is 10.8. The molecule has 5 nitrogen and oxygen atoms in total. The molecule has 4 rings (SSSR count). The molecule has 0 unspecified atom stereocenters. The Balaban J connectivity index is 1.29. The second-order valence-corrected chi connectivity index (χ2v) is 6.75. The molecule has 0 spiro atoms. The van der Waals surface area contributed by atoms with Gasteiger partial charge >= 0.3 is 0 Å². The maximum absolute atomic E-state index is 12.0.